The van der Waals surface area contributed by atoms with Crippen LogP contribution in [0.4, 0.5) is 0 Å². The van der Waals surface area contributed by atoms with E-state index in [1.54, 1.807) is 0 Å². The lowest BCUT2D eigenvalue weighted by Gasteiger charge is -2.44. The second kappa shape index (κ2) is 6.17. The predicted octanol–water partition coefficient (Wildman–Crippen LogP) is 2.02. The average Bonchev–Trinajstić information content (AvgIpc) is 2.72. The van der Waals surface area contributed by atoms with Gasteiger partial charge in [0, 0.05) is 31.4 Å². The maximum Gasteiger partial charge on any atom is 0.0881 e. The van der Waals surface area contributed by atoms with Crippen molar-refractivity contribution in [2.45, 2.75) is 50.1 Å². The molecule has 4 nitrogen and oxygen atoms in total. The number of ether oxygens (including phenoxy) is 2. The Kier molecular flexibility index (Phi) is 4.74. The monoisotopic (exact) mass is 373 g/mol. The Bertz CT molecular complexity index is 446. The standard InChI is InChI=1S/C17H27NO3.BrH/c1-18-8-7-17-6-5-12(19)9-14(17)21-16-13(20-2)4-3-11(10-18)15(16)17;/h5-6,11-16,19H,3-4,7-10H2,1-2H3;1H. The molecule has 0 aromatic rings. The third kappa shape index (κ3) is 2.40. The zero-order valence-electron chi connectivity index (χ0n) is 13.5. The van der Waals surface area contributed by atoms with E-state index in [9.17, 15) is 5.11 Å². The lowest BCUT2D eigenvalue weighted by Crippen LogP contribution is -2.48. The van der Waals surface area contributed by atoms with Crippen LogP contribution in [0.1, 0.15) is 25.7 Å². The summed E-state index contributed by atoms with van der Waals surface area (Å²) in [5.74, 6) is 1.24. The Labute approximate surface area is 143 Å². The number of halogens is 1. The fourth-order valence-electron chi connectivity index (χ4n) is 5.50. The fraction of sp³-hybridized carbons (Fsp3) is 0.882. The van der Waals surface area contributed by atoms with Gasteiger partial charge in [-0.2, -0.15) is 0 Å². The third-order valence-electron chi connectivity index (χ3n) is 6.45. The van der Waals surface area contributed by atoms with E-state index in [1.165, 1.54) is 13.0 Å². The first kappa shape index (κ1) is 16.9. The van der Waals surface area contributed by atoms with Crippen molar-refractivity contribution in [2.75, 3.05) is 27.2 Å². The first-order chi connectivity index (χ1) is 10.1. The molecule has 0 amide bonds. The van der Waals surface area contributed by atoms with Gasteiger partial charge in [-0.05, 0) is 38.8 Å². The van der Waals surface area contributed by atoms with Crippen molar-refractivity contribution < 1.29 is 14.6 Å². The number of rotatable bonds is 1. The zero-order chi connectivity index (χ0) is 14.6. The second-order valence-electron chi connectivity index (χ2n) is 7.51. The molecule has 2 aliphatic heterocycles. The number of hydrogen-bond donors (Lipinski definition) is 1. The van der Waals surface area contributed by atoms with Gasteiger partial charge in [0.15, 0.2) is 0 Å². The van der Waals surface area contributed by atoms with Gasteiger partial charge in [-0.1, -0.05) is 12.2 Å². The summed E-state index contributed by atoms with van der Waals surface area (Å²) < 4.78 is 12.2. The van der Waals surface area contributed by atoms with Crippen LogP contribution in [0.3, 0.4) is 0 Å². The predicted molar refractivity (Wildman–Crippen MR) is 90.3 cm³/mol. The molecule has 1 saturated carbocycles. The molecule has 0 radical (unpaired) electrons. The van der Waals surface area contributed by atoms with Crippen LogP contribution in [0.2, 0.25) is 0 Å². The molecule has 3 fully saturated rings. The van der Waals surface area contributed by atoms with Crippen LogP contribution in [-0.4, -0.2) is 61.7 Å². The Morgan fingerprint density at radius 1 is 1.36 bits per heavy atom. The Hall–Kier alpha value is 0.0600. The molecule has 2 aliphatic carbocycles. The van der Waals surface area contributed by atoms with Gasteiger partial charge in [0.2, 0.25) is 0 Å². The van der Waals surface area contributed by atoms with Gasteiger partial charge in [-0.25, -0.2) is 0 Å². The van der Waals surface area contributed by atoms with E-state index in [4.69, 9.17) is 9.47 Å². The highest BCUT2D eigenvalue weighted by atomic mass is 79.9. The summed E-state index contributed by atoms with van der Waals surface area (Å²) in [4.78, 5) is 2.48. The average molecular weight is 374 g/mol. The van der Waals surface area contributed by atoms with E-state index in [2.05, 4.69) is 18.0 Å². The summed E-state index contributed by atoms with van der Waals surface area (Å²) in [6.45, 7) is 2.30. The van der Waals surface area contributed by atoms with Gasteiger partial charge < -0.3 is 19.5 Å². The van der Waals surface area contributed by atoms with Gasteiger partial charge in [0.1, 0.15) is 0 Å². The van der Waals surface area contributed by atoms with Crippen molar-refractivity contribution in [3.63, 3.8) is 0 Å². The molecule has 1 N–H and O–H groups in total. The van der Waals surface area contributed by atoms with E-state index in [-0.39, 0.29) is 46.8 Å². The first-order valence-electron chi connectivity index (χ1n) is 8.38. The normalized spacial score (nSPS) is 50.7. The smallest absolute Gasteiger partial charge is 0.0881 e. The lowest BCUT2D eigenvalue weighted by molar-refractivity contribution is -0.0980. The summed E-state index contributed by atoms with van der Waals surface area (Å²) in [6, 6.07) is 0. The second-order valence-corrected chi connectivity index (χ2v) is 7.51. The Balaban J connectivity index is 0.00000144. The van der Waals surface area contributed by atoms with E-state index in [0.29, 0.717) is 11.8 Å². The molecule has 4 aliphatic rings. The van der Waals surface area contributed by atoms with Crippen LogP contribution >= 0.6 is 17.0 Å². The number of aliphatic hydroxyl groups excluding tert-OH is 1. The topological polar surface area (TPSA) is 41.9 Å². The van der Waals surface area contributed by atoms with Gasteiger partial charge in [0.05, 0.1) is 24.4 Å². The van der Waals surface area contributed by atoms with E-state index in [0.717, 1.165) is 25.8 Å². The minimum Gasteiger partial charge on any atom is -0.389 e. The Morgan fingerprint density at radius 2 is 2.18 bits per heavy atom. The van der Waals surface area contributed by atoms with Gasteiger partial charge >= 0.3 is 0 Å². The summed E-state index contributed by atoms with van der Waals surface area (Å²) in [5, 5.41) is 10.0. The number of hydrogen-bond acceptors (Lipinski definition) is 4. The van der Waals surface area contributed by atoms with Gasteiger partial charge in [0.25, 0.3) is 0 Å². The number of likely N-dealkylation sites (tertiary alicyclic amines) is 1. The molecule has 126 valence electrons. The molecule has 4 rings (SSSR count). The van der Waals surface area contributed by atoms with Crippen LogP contribution in [0.25, 0.3) is 0 Å². The number of methoxy groups -OCH3 is 1. The zero-order valence-corrected chi connectivity index (χ0v) is 15.2. The van der Waals surface area contributed by atoms with Crippen molar-refractivity contribution >= 4 is 17.0 Å². The molecule has 22 heavy (non-hydrogen) atoms. The molecule has 0 aromatic heterocycles. The fourth-order valence-corrected chi connectivity index (χ4v) is 5.50. The Morgan fingerprint density at radius 3 is 2.95 bits per heavy atom. The molecule has 7 unspecified atom stereocenters. The minimum atomic E-state index is -0.346. The molecule has 1 spiro atoms. The van der Waals surface area contributed by atoms with E-state index in [1.807, 2.05) is 13.2 Å². The first-order valence-corrected chi connectivity index (χ1v) is 8.38. The van der Waals surface area contributed by atoms with Gasteiger partial charge in [-0.15, -0.1) is 17.0 Å². The maximum atomic E-state index is 10.0. The molecular weight excluding hydrogens is 346 g/mol. The SMILES string of the molecule is Br.COC1CCC2CN(C)CCC34C=CC(O)CC3OC1C24. The minimum absolute atomic E-state index is 0. The third-order valence-corrected chi connectivity index (χ3v) is 6.45. The van der Waals surface area contributed by atoms with Crippen molar-refractivity contribution in [3.8, 4) is 0 Å². The van der Waals surface area contributed by atoms with Crippen molar-refractivity contribution in [1.82, 2.24) is 4.90 Å². The van der Waals surface area contributed by atoms with Gasteiger partial charge in [-0.3, -0.25) is 0 Å². The summed E-state index contributed by atoms with van der Waals surface area (Å²) in [5.41, 5.74) is 0.122. The van der Waals surface area contributed by atoms with Crippen LogP contribution in [0.5, 0.6) is 0 Å². The molecule has 0 aromatic carbocycles. The molecule has 5 heteroatoms. The van der Waals surface area contributed by atoms with Crippen molar-refractivity contribution in [2.24, 2.45) is 17.3 Å². The summed E-state index contributed by atoms with van der Waals surface area (Å²) in [6.07, 6.45) is 8.80. The molecule has 0 bridgehead atoms. The maximum absolute atomic E-state index is 10.0. The van der Waals surface area contributed by atoms with Crippen LogP contribution in [0.15, 0.2) is 12.2 Å². The summed E-state index contributed by atoms with van der Waals surface area (Å²) in [7, 11) is 4.06. The summed E-state index contributed by atoms with van der Waals surface area (Å²) >= 11 is 0. The number of nitrogens with zero attached hydrogens (tertiary/aromatic N) is 1. The molecule has 2 heterocycles. The largest absolute Gasteiger partial charge is 0.389 e. The molecular formula is C17H28BrNO3. The van der Waals surface area contributed by atoms with E-state index >= 15 is 0 Å². The molecule has 7 atom stereocenters. The quantitative estimate of drug-likeness (QED) is 0.714. The van der Waals surface area contributed by atoms with Crippen molar-refractivity contribution in [3.05, 3.63) is 12.2 Å². The highest BCUT2D eigenvalue weighted by molar-refractivity contribution is 8.93. The number of aliphatic hydroxyl groups is 1. The van der Waals surface area contributed by atoms with Crippen LogP contribution in [-0.2, 0) is 9.47 Å². The lowest BCUT2D eigenvalue weighted by atomic mass is 9.59. The molecule has 2 saturated heterocycles. The van der Waals surface area contributed by atoms with Crippen LogP contribution < -0.4 is 0 Å². The highest BCUT2D eigenvalue weighted by Crippen LogP contribution is 2.58. The van der Waals surface area contributed by atoms with Crippen molar-refractivity contribution in [1.29, 1.82) is 0 Å². The van der Waals surface area contributed by atoms with E-state index < -0.39 is 0 Å². The van der Waals surface area contributed by atoms with Crippen LogP contribution in [0, 0.1) is 17.3 Å². The highest BCUT2D eigenvalue weighted by Gasteiger charge is 2.62.